The summed E-state index contributed by atoms with van der Waals surface area (Å²) in [6.45, 7) is 2.10. The van der Waals surface area contributed by atoms with Gasteiger partial charge in [-0.3, -0.25) is 5.10 Å². The van der Waals surface area contributed by atoms with Crippen LogP contribution in [0.2, 0.25) is 0 Å². The van der Waals surface area contributed by atoms with Crippen LogP contribution in [0.25, 0.3) is 11.4 Å². The molecule has 0 radical (unpaired) electrons. The van der Waals surface area contributed by atoms with Crippen molar-refractivity contribution in [3.05, 3.63) is 34.1 Å². The lowest BCUT2D eigenvalue weighted by Gasteiger charge is -2.18. The standard InChI is InChI=1S/C15H18BrN3/c1-10-7-8-12(16)9-13(10)15-17-14(18-19-15)11-5-3-2-4-6-11/h7-9,11H,2-6H2,1H3,(H,17,18,19). The number of aromatic amines is 1. The Bertz CT molecular complexity index is 571. The highest BCUT2D eigenvalue weighted by atomic mass is 79.9. The smallest absolute Gasteiger partial charge is 0.181 e. The van der Waals surface area contributed by atoms with Gasteiger partial charge in [0.15, 0.2) is 5.82 Å². The fraction of sp³-hybridized carbons (Fsp3) is 0.467. The Morgan fingerprint density at radius 2 is 2.00 bits per heavy atom. The second-order valence-corrected chi connectivity index (χ2v) is 6.25. The van der Waals surface area contributed by atoms with Gasteiger partial charge in [-0.25, -0.2) is 4.98 Å². The number of benzene rings is 1. The maximum Gasteiger partial charge on any atom is 0.181 e. The topological polar surface area (TPSA) is 41.6 Å². The second kappa shape index (κ2) is 5.45. The summed E-state index contributed by atoms with van der Waals surface area (Å²) in [7, 11) is 0. The molecule has 19 heavy (non-hydrogen) atoms. The Hall–Kier alpha value is -1.16. The van der Waals surface area contributed by atoms with Gasteiger partial charge in [0, 0.05) is 16.0 Å². The average Bonchev–Trinajstić information content (AvgIpc) is 2.92. The average molecular weight is 320 g/mol. The van der Waals surface area contributed by atoms with Gasteiger partial charge in [0.1, 0.15) is 5.82 Å². The molecule has 0 unspecified atom stereocenters. The number of hydrogen-bond donors (Lipinski definition) is 1. The van der Waals surface area contributed by atoms with Crippen molar-refractivity contribution in [2.45, 2.75) is 44.9 Å². The first-order valence-corrected chi connectivity index (χ1v) is 7.72. The predicted molar refractivity (Wildman–Crippen MR) is 80.1 cm³/mol. The number of halogens is 1. The first kappa shape index (κ1) is 12.9. The molecule has 4 heteroatoms. The van der Waals surface area contributed by atoms with Crippen molar-refractivity contribution >= 4 is 15.9 Å². The third-order valence-corrected chi connectivity index (χ3v) is 4.43. The Kier molecular flexibility index (Phi) is 3.69. The van der Waals surface area contributed by atoms with Gasteiger partial charge in [-0.15, -0.1) is 0 Å². The summed E-state index contributed by atoms with van der Waals surface area (Å²) in [6, 6.07) is 6.23. The number of rotatable bonds is 2. The van der Waals surface area contributed by atoms with Crippen molar-refractivity contribution in [2.75, 3.05) is 0 Å². The molecule has 0 amide bonds. The van der Waals surface area contributed by atoms with Crippen LogP contribution in [0, 0.1) is 6.92 Å². The van der Waals surface area contributed by atoms with Crippen LogP contribution in [-0.2, 0) is 0 Å². The largest absolute Gasteiger partial charge is 0.262 e. The highest BCUT2D eigenvalue weighted by molar-refractivity contribution is 9.10. The lowest BCUT2D eigenvalue weighted by molar-refractivity contribution is 0.429. The van der Waals surface area contributed by atoms with E-state index in [4.69, 9.17) is 4.98 Å². The van der Waals surface area contributed by atoms with Crippen LogP contribution in [-0.4, -0.2) is 15.2 Å². The molecular formula is C15H18BrN3. The molecule has 1 fully saturated rings. The summed E-state index contributed by atoms with van der Waals surface area (Å²) < 4.78 is 1.07. The lowest BCUT2D eigenvalue weighted by Crippen LogP contribution is -2.06. The first-order valence-electron chi connectivity index (χ1n) is 6.93. The summed E-state index contributed by atoms with van der Waals surface area (Å²) in [6.07, 6.45) is 6.48. The Balaban J connectivity index is 1.89. The zero-order valence-corrected chi connectivity index (χ0v) is 12.7. The van der Waals surface area contributed by atoms with Crippen LogP contribution in [0.5, 0.6) is 0 Å². The van der Waals surface area contributed by atoms with Gasteiger partial charge < -0.3 is 0 Å². The number of hydrogen-bond acceptors (Lipinski definition) is 2. The van der Waals surface area contributed by atoms with Gasteiger partial charge >= 0.3 is 0 Å². The predicted octanol–water partition coefficient (Wildman–Crippen LogP) is 4.59. The van der Waals surface area contributed by atoms with Gasteiger partial charge in [-0.2, -0.15) is 5.10 Å². The monoisotopic (exact) mass is 319 g/mol. The van der Waals surface area contributed by atoms with Gasteiger partial charge in [0.05, 0.1) is 0 Å². The van der Waals surface area contributed by atoms with E-state index in [0.717, 1.165) is 21.7 Å². The minimum Gasteiger partial charge on any atom is -0.262 e. The Labute approximate surface area is 122 Å². The lowest BCUT2D eigenvalue weighted by atomic mass is 9.89. The zero-order valence-electron chi connectivity index (χ0n) is 11.1. The molecule has 0 bridgehead atoms. The molecule has 1 heterocycles. The van der Waals surface area contributed by atoms with E-state index in [9.17, 15) is 0 Å². The van der Waals surface area contributed by atoms with E-state index < -0.39 is 0 Å². The van der Waals surface area contributed by atoms with Crippen molar-refractivity contribution < 1.29 is 0 Å². The molecule has 1 aromatic carbocycles. The third kappa shape index (κ3) is 2.73. The molecule has 2 aromatic rings. The second-order valence-electron chi connectivity index (χ2n) is 5.34. The summed E-state index contributed by atoms with van der Waals surface area (Å²) in [5, 5.41) is 7.55. The molecule has 1 aliphatic rings. The van der Waals surface area contributed by atoms with Gasteiger partial charge in [0.25, 0.3) is 0 Å². The van der Waals surface area contributed by atoms with Gasteiger partial charge in [0.2, 0.25) is 0 Å². The van der Waals surface area contributed by atoms with E-state index in [-0.39, 0.29) is 0 Å². The highest BCUT2D eigenvalue weighted by Gasteiger charge is 2.19. The summed E-state index contributed by atoms with van der Waals surface area (Å²) in [4.78, 5) is 4.72. The number of H-pyrrole nitrogens is 1. The van der Waals surface area contributed by atoms with Crippen LogP contribution in [0.1, 0.15) is 49.4 Å². The van der Waals surface area contributed by atoms with Crippen LogP contribution < -0.4 is 0 Å². The maximum absolute atomic E-state index is 4.72. The summed E-state index contributed by atoms with van der Waals surface area (Å²) in [5.74, 6) is 2.45. The Morgan fingerprint density at radius 1 is 1.21 bits per heavy atom. The fourth-order valence-corrected chi connectivity index (χ4v) is 3.15. The molecule has 1 aliphatic carbocycles. The van der Waals surface area contributed by atoms with E-state index in [0.29, 0.717) is 5.92 Å². The molecule has 0 aliphatic heterocycles. The molecule has 3 nitrogen and oxygen atoms in total. The van der Waals surface area contributed by atoms with E-state index >= 15 is 0 Å². The van der Waals surface area contributed by atoms with Crippen molar-refractivity contribution in [3.8, 4) is 11.4 Å². The maximum atomic E-state index is 4.72. The number of aryl methyl sites for hydroxylation is 1. The molecule has 100 valence electrons. The van der Waals surface area contributed by atoms with E-state index in [1.807, 2.05) is 6.07 Å². The molecule has 0 atom stereocenters. The minimum absolute atomic E-state index is 0.572. The highest BCUT2D eigenvalue weighted by Crippen LogP contribution is 2.32. The van der Waals surface area contributed by atoms with Crippen molar-refractivity contribution in [3.63, 3.8) is 0 Å². The molecule has 0 spiro atoms. The fourth-order valence-electron chi connectivity index (χ4n) is 2.79. The SMILES string of the molecule is Cc1ccc(Br)cc1-c1n[nH]c(C2CCCCC2)n1. The molecule has 0 saturated heterocycles. The van der Waals surface area contributed by atoms with Crippen molar-refractivity contribution in [1.82, 2.24) is 15.2 Å². The Morgan fingerprint density at radius 3 is 2.79 bits per heavy atom. The van der Waals surface area contributed by atoms with E-state index in [2.05, 4.69) is 45.2 Å². The van der Waals surface area contributed by atoms with E-state index in [1.54, 1.807) is 0 Å². The number of nitrogens with one attached hydrogen (secondary N) is 1. The van der Waals surface area contributed by atoms with Crippen LogP contribution in [0.15, 0.2) is 22.7 Å². The third-order valence-electron chi connectivity index (χ3n) is 3.94. The van der Waals surface area contributed by atoms with Crippen LogP contribution >= 0.6 is 15.9 Å². The van der Waals surface area contributed by atoms with Crippen molar-refractivity contribution in [1.29, 1.82) is 0 Å². The summed E-state index contributed by atoms with van der Waals surface area (Å²) >= 11 is 3.51. The minimum atomic E-state index is 0.572. The van der Waals surface area contributed by atoms with Crippen LogP contribution in [0.4, 0.5) is 0 Å². The van der Waals surface area contributed by atoms with Crippen LogP contribution in [0.3, 0.4) is 0 Å². The number of aromatic nitrogens is 3. The molecular weight excluding hydrogens is 302 g/mol. The normalized spacial score (nSPS) is 16.7. The first-order chi connectivity index (χ1) is 9.24. The van der Waals surface area contributed by atoms with Gasteiger partial charge in [-0.1, -0.05) is 41.3 Å². The summed E-state index contributed by atoms with van der Waals surface area (Å²) in [5.41, 5.74) is 2.31. The van der Waals surface area contributed by atoms with Crippen molar-refractivity contribution in [2.24, 2.45) is 0 Å². The van der Waals surface area contributed by atoms with E-state index in [1.165, 1.54) is 37.7 Å². The zero-order chi connectivity index (χ0) is 13.2. The molecule has 1 saturated carbocycles. The quantitative estimate of drug-likeness (QED) is 0.879. The number of nitrogens with zero attached hydrogens (tertiary/aromatic N) is 2. The molecule has 1 aromatic heterocycles. The van der Waals surface area contributed by atoms with Gasteiger partial charge in [-0.05, 0) is 37.5 Å². The molecule has 3 rings (SSSR count). The molecule has 1 N–H and O–H groups in total.